The van der Waals surface area contributed by atoms with E-state index in [0.29, 0.717) is 11.8 Å². The Morgan fingerprint density at radius 1 is 1.62 bits per heavy atom. The van der Waals surface area contributed by atoms with Gasteiger partial charge in [0, 0.05) is 22.9 Å². The van der Waals surface area contributed by atoms with Gasteiger partial charge in [0.25, 0.3) is 0 Å². The number of thioether (sulfide) groups is 1. The van der Waals surface area contributed by atoms with Gasteiger partial charge >= 0.3 is 0 Å². The lowest BCUT2D eigenvalue weighted by atomic mass is 10.3. The second-order valence-electron chi connectivity index (χ2n) is 3.02. The highest BCUT2D eigenvalue weighted by molar-refractivity contribution is 7.99. The van der Waals surface area contributed by atoms with Gasteiger partial charge in [-0.3, -0.25) is 4.98 Å². The molecule has 13 heavy (non-hydrogen) atoms. The molecule has 1 aromatic heterocycles. The van der Waals surface area contributed by atoms with Gasteiger partial charge in [-0.05, 0) is 18.6 Å². The third-order valence-electron chi connectivity index (χ3n) is 1.91. The maximum atomic E-state index is 5.51. The lowest BCUT2D eigenvalue weighted by Crippen LogP contribution is -1.99. The van der Waals surface area contributed by atoms with Crippen molar-refractivity contribution in [1.82, 2.24) is 4.98 Å². The van der Waals surface area contributed by atoms with E-state index in [-0.39, 0.29) is 0 Å². The van der Waals surface area contributed by atoms with Gasteiger partial charge in [0.1, 0.15) is 0 Å². The van der Waals surface area contributed by atoms with Crippen molar-refractivity contribution >= 4 is 11.8 Å². The van der Waals surface area contributed by atoms with Crippen molar-refractivity contribution in [3.05, 3.63) is 24.0 Å². The maximum absolute atomic E-state index is 5.51. The van der Waals surface area contributed by atoms with Crippen molar-refractivity contribution in [2.45, 2.75) is 37.0 Å². The first-order valence-corrected chi connectivity index (χ1v) is 5.46. The molecule has 72 valence electrons. The van der Waals surface area contributed by atoms with Crippen LogP contribution < -0.4 is 5.73 Å². The monoisotopic (exact) mass is 196 g/mol. The zero-order valence-corrected chi connectivity index (χ0v) is 8.97. The fraction of sp³-hybridized carbons (Fsp3) is 0.500. The van der Waals surface area contributed by atoms with Crippen molar-refractivity contribution in [2.24, 2.45) is 5.73 Å². The Labute approximate surface area is 83.9 Å². The molecule has 1 rings (SSSR count). The summed E-state index contributed by atoms with van der Waals surface area (Å²) < 4.78 is 0. The van der Waals surface area contributed by atoms with E-state index >= 15 is 0 Å². The molecule has 1 atom stereocenters. The Morgan fingerprint density at radius 2 is 2.38 bits per heavy atom. The molecular weight excluding hydrogens is 180 g/mol. The summed E-state index contributed by atoms with van der Waals surface area (Å²) in [6, 6.07) is 4.10. The van der Waals surface area contributed by atoms with Crippen LogP contribution in [0.15, 0.2) is 23.2 Å². The predicted molar refractivity (Wildman–Crippen MR) is 57.7 cm³/mol. The van der Waals surface area contributed by atoms with E-state index in [1.807, 2.05) is 24.0 Å². The summed E-state index contributed by atoms with van der Waals surface area (Å²) in [6.07, 6.45) is 3.01. The first-order chi connectivity index (χ1) is 6.26. The first kappa shape index (κ1) is 10.5. The summed E-state index contributed by atoms with van der Waals surface area (Å²) >= 11 is 1.88. The van der Waals surface area contributed by atoms with E-state index in [4.69, 9.17) is 5.73 Å². The summed E-state index contributed by atoms with van der Waals surface area (Å²) in [6.45, 7) is 4.95. The zero-order valence-electron chi connectivity index (χ0n) is 8.16. The van der Waals surface area contributed by atoms with E-state index in [0.717, 1.165) is 5.69 Å². The van der Waals surface area contributed by atoms with Gasteiger partial charge < -0.3 is 5.73 Å². The fourth-order valence-electron chi connectivity index (χ4n) is 0.957. The Balaban J connectivity index is 2.66. The molecule has 0 bridgehead atoms. The molecule has 0 aliphatic rings. The van der Waals surface area contributed by atoms with Crippen LogP contribution in [0.25, 0.3) is 0 Å². The third-order valence-corrected chi connectivity index (χ3v) is 3.17. The first-order valence-electron chi connectivity index (χ1n) is 4.58. The van der Waals surface area contributed by atoms with Gasteiger partial charge in [-0.2, -0.15) is 0 Å². The second kappa shape index (κ2) is 5.25. The number of aromatic nitrogens is 1. The van der Waals surface area contributed by atoms with Crippen molar-refractivity contribution in [2.75, 3.05) is 0 Å². The average Bonchev–Trinajstić information content (AvgIpc) is 2.18. The van der Waals surface area contributed by atoms with E-state index in [1.165, 1.54) is 11.3 Å². The molecule has 2 nitrogen and oxygen atoms in total. The lowest BCUT2D eigenvalue weighted by molar-refractivity contribution is 0.903. The number of hydrogen-bond acceptors (Lipinski definition) is 3. The summed E-state index contributed by atoms with van der Waals surface area (Å²) in [5, 5.41) is 0.660. The average molecular weight is 196 g/mol. The van der Waals surface area contributed by atoms with Gasteiger partial charge in [-0.1, -0.05) is 13.8 Å². The summed E-state index contributed by atoms with van der Waals surface area (Å²) in [5.74, 6) is 0. The molecule has 0 saturated heterocycles. The van der Waals surface area contributed by atoms with Crippen molar-refractivity contribution < 1.29 is 0 Å². The standard InChI is InChI=1S/C10H16N2S/c1-3-8(2)13-10-4-5-12-9(6-10)7-11/h4-6,8H,3,7,11H2,1-2H3. The Morgan fingerprint density at radius 3 is 3.00 bits per heavy atom. The number of hydrogen-bond donors (Lipinski definition) is 1. The van der Waals surface area contributed by atoms with Crippen molar-refractivity contribution in [3.63, 3.8) is 0 Å². The van der Waals surface area contributed by atoms with Crippen LogP contribution in [0.2, 0.25) is 0 Å². The molecule has 0 aliphatic carbocycles. The topological polar surface area (TPSA) is 38.9 Å². The molecule has 0 aliphatic heterocycles. The number of pyridine rings is 1. The highest BCUT2D eigenvalue weighted by atomic mass is 32.2. The van der Waals surface area contributed by atoms with E-state index < -0.39 is 0 Å². The molecule has 1 aromatic rings. The maximum Gasteiger partial charge on any atom is 0.0550 e. The normalized spacial score (nSPS) is 12.8. The number of nitrogens with zero attached hydrogens (tertiary/aromatic N) is 1. The van der Waals surface area contributed by atoms with Crippen LogP contribution in [0, 0.1) is 0 Å². The van der Waals surface area contributed by atoms with Crippen LogP contribution in [-0.4, -0.2) is 10.2 Å². The summed E-state index contributed by atoms with van der Waals surface area (Å²) in [7, 11) is 0. The minimum absolute atomic E-state index is 0.523. The smallest absolute Gasteiger partial charge is 0.0550 e. The highest BCUT2D eigenvalue weighted by Crippen LogP contribution is 2.24. The molecule has 1 unspecified atom stereocenters. The molecule has 0 saturated carbocycles. The minimum Gasteiger partial charge on any atom is -0.325 e. The van der Waals surface area contributed by atoms with Crippen LogP contribution in [0.3, 0.4) is 0 Å². The number of nitrogens with two attached hydrogens (primary N) is 1. The van der Waals surface area contributed by atoms with Crippen molar-refractivity contribution in [3.8, 4) is 0 Å². The van der Waals surface area contributed by atoms with Crippen LogP contribution in [0.1, 0.15) is 26.0 Å². The molecule has 0 spiro atoms. The Hall–Kier alpha value is -0.540. The predicted octanol–water partition coefficient (Wildman–Crippen LogP) is 2.43. The van der Waals surface area contributed by atoms with E-state index in [1.54, 1.807) is 0 Å². The van der Waals surface area contributed by atoms with Crippen LogP contribution in [-0.2, 0) is 6.54 Å². The zero-order chi connectivity index (χ0) is 9.68. The molecule has 2 N–H and O–H groups in total. The van der Waals surface area contributed by atoms with Crippen molar-refractivity contribution in [1.29, 1.82) is 0 Å². The third kappa shape index (κ3) is 3.36. The molecule has 0 aromatic carbocycles. The molecule has 0 radical (unpaired) electrons. The Bertz CT molecular complexity index is 263. The lowest BCUT2D eigenvalue weighted by Gasteiger charge is -2.08. The van der Waals surface area contributed by atoms with E-state index in [2.05, 4.69) is 24.9 Å². The van der Waals surface area contributed by atoms with Crippen LogP contribution in [0.4, 0.5) is 0 Å². The molecular formula is C10H16N2S. The molecule has 0 amide bonds. The Kier molecular flexibility index (Phi) is 4.25. The van der Waals surface area contributed by atoms with Crippen LogP contribution >= 0.6 is 11.8 Å². The van der Waals surface area contributed by atoms with Gasteiger partial charge in [0.05, 0.1) is 5.69 Å². The summed E-state index contributed by atoms with van der Waals surface area (Å²) in [4.78, 5) is 5.42. The SMILES string of the molecule is CCC(C)Sc1ccnc(CN)c1. The van der Waals surface area contributed by atoms with Crippen LogP contribution in [0.5, 0.6) is 0 Å². The molecule has 3 heteroatoms. The highest BCUT2D eigenvalue weighted by Gasteiger charge is 2.02. The van der Waals surface area contributed by atoms with Gasteiger partial charge in [-0.15, -0.1) is 11.8 Å². The fourth-order valence-corrected chi connectivity index (χ4v) is 1.93. The summed E-state index contributed by atoms with van der Waals surface area (Å²) in [5.41, 5.74) is 6.48. The minimum atomic E-state index is 0.523. The van der Waals surface area contributed by atoms with E-state index in [9.17, 15) is 0 Å². The molecule has 1 heterocycles. The van der Waals surface area contributed by atoms with Gasteiger partial charge in [0.2, 0.25) is 0 Å². The second-order valence-corrected chi connectivity index (χ2v) is 4.54. The largest absolute Gasteiger partial charge is 0.325 e. The quantitative estimate of drug-likeness (QED) is 0.752. The van der Waals surface area contributed by atoms with Gasteiger partial charge in [0.15, 0.2) is 0 Å². The molecule has 0 fully saturated rings. The van der Waals surface area contributed by atoms with Gasteiger partial charge in [-0.25, -0.2) is 0 Å². The number of rotatable bonds is 4.